The summed E-state index contributed by atoms with van der Waals surface area (Å²) in [6.07, 6.45) is 3.95. The van der Waals surface area contributed by atoms with Crippen LogP contribution < -0.4 is 10.1 Å². The first-order valence-corrected chi connectivity index (χ1v) is 13.5. The van der Waals surface area contributed by atoms with E-state index in [0.717, 1.165) is 43.5 Å². The number of carbonyl (C=O) groups excluding carboxylic acids is 3. The molecule has 0 saturated carbocycles. The van der Waals surface area contributed by atoms with E-state index in [1.807, 2.05) is 24.3 Å². The lowest BCUT2D eigenvalue weighted by Crippen LogP contribution is -2.52. The first-order chi connectivity index (χ1) is 18.9. The van der Waals surface area contributed by atoms with Crippen molar-refractivity contribution in [3.63, 3.8) is 0 Å². The minimum absolute atomic E-state index is 0.178. The van der Waals surface area contributed by atoms with E-state index < -0.39 is 11.9 Å². The molecular weight excluding hydrogens is 498 g/mol. The average molecular weight is 530 g/mol. The van der Waals surface area contributed by atoms with Gasteiger partial charge in [-0.2, -0.15) is 4.98 Å². The molecule has 10 nitrogen and oxygen atoms in total. The van der Waals surface area contributed by atoms with Crippen molar-refractivity contribution in [2.24, 2.45) is 0 Å². The second kappa shape index (κ2) is 10.6. The number of piperidine rings is 2. The Bertz CT molecular complexity index is 1420. The highest BCUT2D eigenvalue weighted by Crippen LogP contribution is 2.31. The number of hydrogen-bond acceptors (Lipinski definition) is 8. The topological polar surface area (TPSA) is 118 Å². The first-order valence-electron chi connectivity index (χ1n) is 13.5. The third kappa shape index (κ3) is 5.29. The van der Waals surface area contributed by atoms with Crippen LogP contribution in [0.15, 0.2) is 47.0 Å². The predicted molar refractivity (Wildman–Crippen MR) is 141 cm³/mol. The Morgan fingerprint density at radius 1 is 1.10 bits per heavy atom. The molecule has 0 bridgehead atoms. The van der Waals surface area contributed by atoms with Crippen molar-refractivity contribution in [3.8, 4) is 17.1 Å². The van der Waals surface area contributed by atoms with Crippen LogP contribution in [-0.2, 0) is 22.7 Å². The summed E-state index contributed by atoms with van der Waals surface area (Å²) < 4.78 is 11.4. The molecule has 1 N–H and O–H groups in total. The van der Waals surface area contributed by atoms with Crippen molar-refractivity contribution in [1.29, 1.82) is 0 Å². The molecule has 39 heavy (non-hydrogen) atoms. The van der Waals surface area contributed by atoms with Crippen molar-refractivity contribution >= 4 is 17.7 Å². The molecule has 0 spiro atoms. The molecule has 3 amide bonds. The molecule has 0 aliphatic carbocycles. The fourth-order valence-corrected chi connectivity index (χ4v) is 5.75. The van der Waals surface area contributed by atoms with Gasteiger partial charge in [0.2, 0.25) is 23.5 Å². The molecule has 4 heterocycles. The number of nitrogens with one attached hydrogen (secondary N) is 1. The van der Waals surface area contributed by atoms with E-state index in [0.29, 0.717) is 42.6 Å². The Hall–Kier alpha value is -4.05. The highest BCUT2D eigenvalue weighted by molar-refractivity contribution is 6.05. The van der Waals surface area contributed by atoms with Crippen molar-refractivity contribution in [2.45, 2.75) is 64.2 Å². The second-order valence-electron chi connectivity index (χ2n) is 10.5. The zero-order chi connectivity index (χ0) is 26.9. The number of ether oxygens (including phenoxy) is 1. The largest absolute Gasteiger partial charge is 0.492 e. The number of aromatic nitrogens is 2. The molecule has 1 aromatic heterocycles. The lowest BCUT2D eigenvalue weighted by Gasteiger charge is -2.35. The minimum Gasteiger partial charge on any atom is -0.492 e. The molecule has 2 unspecified atom stereocenters. The highest BCUT2D eigenvalue weighted by atomic mass is 16.5. The predicted octanol–water partition coefficient (Wildman–Crippen LogP) is 3.24. The normalized spacial score (nSPS) is 21.7. The van der Waals surface area contributed by atoms with E-state index in [4.69, 9.17) is 9.26 Å². The number of fused-ring (bicyclic) bond motifs is 1. The van der Waals surface area contributed by atoms with Gasteiger partial charge in [-0.1, -0.05) is 29.8 Å². The quantitative estimate of drug-likeness (QED) is 0.464. The number of hydrogen-bond donors (Lipinski definition) is 1. The van der Waals surface area contributed by atoms with Gasteiger partial charge in [0.05, 0.1) is 0 Å². The zero-order valence-corrected chi connectivity index (χ0v) is 21.9. The van der Waals surface area contributed by atoms with Crippen LogP contribution in [0.5, 0.6) is 5.75 Å². The third-order valence-electron chi connectivity index (χ3n) is 7.78. The van der Waals surface area contributed by atoms with Crippen LogP contribution in [-0.4, -0.2) is 62.9 Å². The zero-order valence-electron chi connectivity index (χ0n) is 21.9. The standard InChI is InChI=1S/C29H31N5O5/c1-18-30-27(32-39-18)20-6-4-5-19(13-20)15-33-12-3-2-7-22(33)17-38-23-8-9-24-21(14-23)16-34(29(24)37)25-10-11-26(35)31-28(25)36/h4-6,8-9,13-14,22,25H,2-3,7,10-12,15-17H2,1H3,(H,31,35,36). The monoisotopic (exact) mass is 529 g/mol. The van der Waals surface area contributed by atoms with Gasteiger partial charge in [0.15, 0.2) is 0 Å². The lowest BCUT2D eigenvalue weighted by atomic mass is 10.0. The van der Waals surface area contributed by atoms with Crippen LogP contribution in [0.25, 0.3) is 11.4 Å². The van der Waals surface area contributed by atoms with Crippen LogP contribution in [0.3, 0.4) is 0 Å². The van der Waals surface area contributed by atoms with E-state index in [1.54, 1.807) is 17.9 Å². The van der Waals surface area contributed by atoms with E-state index in [2.05, 4.69) is 32.5 Å². The number of rotatable bonds is 7. The van der Waals surface area contributed by atoms with E-state index in [1.165, 1.54) is 5.56 Å². The Balaban J connectivity index is 1.10. The van der Waals surface area contributed by atoms with E-state index >= 15 is 0 Å². The summed E-state index contributed by atoms with van der Waals surface area (Å²) in [7, 11) is 0. The SMILES string of the molecule is Cc1nc(-c2cccc(CN3CCCCC3COc3ccc4c(c3)CN(C3CCC(=O)NC3=O)C4=O)c2)no1. The highest BCUT2D eigenvalue weighted by Gasteiger charge is 2.39. The molecule has 3 aliphatic rings. The smallest absolute Gasteiger partial charge is 0.255 e. The molecule has 2 saturated heterocycles. The van der Waals surface area contributed by atoms with Gasteiger partial charge in [-0.3, -0.25) is 24.6 Å². The lowest BCUT2D eigenvalue weighted by molar-refractivity contribution is -0.136. The molecule has 10 heteroatoms. The number of amides is 3. The van der Waals surface area contributed by atoms with Crippen LogP contribution in [0.1, 0.15) is 59.5 Å². The second-order valence-corrected chi connectivity index (χ2v) is 10.5. The van der Waals surface area contributed by atoms with Crippen LogP contribution in [0.2, 0.25) is 0 Å². The Morgan fingerprint density at radius 2 is 2.00 bits per heavy atom. The van der Waals surface area contributed by atoms with Gasteiger partial charge in [-0.15, -0.1) is 0 Å². The number of imide groups is 1. The first kappa shape index (κ1) is 25.2. The number of carbonyl (C=O) groups is 3. The summed E-state index contributed by atoms with van der Waals surface area (Å²) in [6.45, 7) is 4.47. The number of nitrogens with zero attached hydrogens (tertiary/aromatic N) is 4. The van der Waals surface area contributed by atoms with Crippen LogP contribution in [0, 0.1) is 6.92 Å². The molecule has 2 fully saturated rings. The fraction of sp³-hybridized carbons (Fsp3) is 0.414. The van der Waals surface area contributed by atoms with Gasteiger partial charge >= 0.3 is 0 Å². The van der Waals surface area contributed by atoms with Gasteiger partial charge in [0.25, 0.3) is 5.91 Å². The maximum Gasteiger partial charge on any atom is 0.255 e. The Labute approximate surface area is 226 Å². The van der Waals surface area contributed by atoms with Gasteiger partial charge < -0.3 is 14.2 Å². The summed E-state index contributed by atoms with van der Waals surface area (Å²) in [6, 6.07) is 13.4. The van der Waals surface area contributed by atoms with Gasteiger partial charge in [0, 0.05) is 43.6 Å². The molecule has 6 rings (SSSR count). The average Bonchev–Trinajstić information content (AvgIpc) is 3.51. The summed E-state index contributed by atoms with van der Waals surface area (Å²) >= 11 is 0. The number of likely N-dealkylation sites (tertiary alicyclic amines) is 1. The van der Waals surface area contributed by atoms with Crippen molar-refractivity contribution in [2.75, 3.05) is 13.2 Å². The van der Waals surface area contributed by atoms with E-state index in [9.17, 15) is 14.4 Å². The van der Waals surface area contributed by atoms with Gasteiger partial charge in [0.1, 0.15) is 18.4 Å². The maximum atomic E-state index is 13.0. The molecule has 3 aliphatic heterocycles. The fourth-order valence-electron chi connectivity index (χ4n) is 5.75. The maximum absolute atomic E-state index is 13.0. The summed E-state index contributed by atoms with van der Waals surface area (Å²) in [5.41, 5.74) is 3.55. The van der Waals surface area contributed by atoms with E-state index in [-0.39, 0.29) is 24.3 Å². The van der Waals surface area contributed by atoms with Gasteiger partial charge in [-0.05, 0) is 61.2 Å². The minimum atomic E-state index is -0.620. The summed E-state index contributed by atoms with van der Waals surface area (Å²) in [4.78, 5) is 45.2. The number of benzene rings is 2. The molecular formula is C29H31N5O5. The Morgan fingerprint density at radius 3 is 2.82 bits per heavy atom. The van der Waals surface area contributed by atoms with Crippen LogP contribution >= 0.6 is 0 Å². The van der Waals surface area contributed by atoms with Crippen molar-refractivity contribution < 1.29 is 23.6 Å². The molecule has 2 aromatic carbocycles. The third-order valence-corrected chi connectivity index (χ3v) is 7.78. The number of aryl methyl sites for hydroxylation is 1. The molecule has 202 valence electrons. The van der Waals surface area contributed by atoms with Crippen molar-refractivity contribution in [1.82, 2.24) is 25.3 Å². The molecule has 3 aromatic rings. The van der Waals surface area contributed by atoms with Crippen LogP contribution in [0.4, 0.5) is 0 Å². The summed E-state index contributed by atoms with van der Waals surface area (Å²) in [5, 5.41) is 6.39. The van der Waals surface area contributed by atoms with Crippen molar-refractivity contribution in [3.05, 3.63) is 65.0 Å². The van der Waals surface area contributed by atoms with Gasteiger partial charge in [-0.25, -0.2) is 0 Å². The summed E-state index contributed by atoms with van der Waals surface area (Å²) in [5.74, 6) is 0.985. The molecule has 2 atom stereocenters. The Kier molecular flexibility index (Phi) is 6.86. The molecule has 0 radical (unpaired) electrons.